The first-order valence-corrected chi connectivity index (χ1v) is 9.37. The molecule has 0 amide bonds. The number of sulfone groups is 1. The molecule has 5 heteroatoms. The zero-order chi connectivity index (χ0) is 15.6. The van der Waals surface area contributed by atoms with Gasteiger partial charge in [0.1, 0.15) is 5.75 Å². The average Bonchev–Trinajstić information content (AvgIpc) is 2.86. The topological polar surface area (TPSA) is 55.4 Å². The third kappa shape index (κ3) is 3.25. The van der Waals surface area contributed by atoms with Crippen LogP contribution in [0.15, 0.2) is 36.4 Å². The van der Waals surface area contributed by atoms with Crippen molar-refractivity contribution in [2.75, 3.05) is 25.2 Å². The third-order valence-electron chi connectivity index (χ3n) is 4.27. The summed E-state index contributed by atoms with van der Waals surface area (Å²) in [7, 11) is -1.11. The van der Waals surface area contributed by atoms with Crippen molar-refractivity contribution in [3.8, 4) is 5.75 Å². The Kier molecular flexibility index (Phi) is 4.36. The predicted octanol–water partition coefficient (Wildman–Crippen LogP) is 2.37. The minimum atomic E-state index is -2.79. The zero-order valence-corrected chi connectivity index (χ0v) is 13.5. The fourth-order valence-electron chi connectivity index (χ4n) is 3.11. The Morgan fingerprint density at radius 1 is 1.18 bits per heavy atom. The maximum Gasteiger partial charge on any atom is 0.150 e. The summed E-state index contributed by atoms with van der Waals surface area (Å²) < 4.78 is 28.4. The molecule has 1 N–H and O–H groups in total. The maximum atomic E-state index is 11.5. The Bertz CT molecular complexity index is 771. The summed E-state index contributed by atoms with van der Waals surface area (Å²) in [6.45, 7) is 1.49. The van der Waals surface area contributed by atoms with Gasteiger partial charge in [0.2, 0.25) is 0 Å². The van der Waals surface area contributed by atoms with E-state index in [4.69, 9.17) is 4.74 Å². The highest BCUT2D eigenvalue weighted by molar-refractivity contribution is 7.91. The minimum Gasteiger partial charge on any atom is -0.496 e. The molecule has 0 aliphatic carbocycles. The summed E-state index contributed by atoms with van der Waals surface area (Å²) in [6, 6.07) is 12.2. The van der Waals surface area contributed by atoms with Crippen LogP contribution in [-0.4, -0.2) is 33.6 Å². The molecule has 3 rings (SSSR count). The zero-order valence-electron chi connectivity index (χ0n) is 12.7. The smallest absolute Gasteiger partial charge is 0.150 e. The SMILES string of the molecule is COc1ccc(CNC[C@@H]2CCS(=O)(=O)C2)c2ccccc12. The number of benzene rings is 2. The highest BCUT2D eigenvalue weighted by Gasteiger charge is 2.27. The second kappa shape index (κ2) is 6.26. The van der Waals surface area contributed by atoms with Crippen LogP contribution >= 0.6 is 0 Å². The van der Waals surface area contributed by atoms with Crippen molar-refractivity contribution in [2.24, 2.45) is 5.92 Å². The largest absolute Gasteiger partial charge is 0.496 e. The summed E-state index contributed by atoms with van der Waals surface area (Å²) in [5, 5.41) is 5.68. The molecule has 1 aliphatic rings. The predicted molar refractivity (Wildman–Crippen MR) is 89.0 cm³/mol. The van der Waals surface area contributed by atoms with Crippen molar-refractivity contribution in [2.45, 2.75) is 13.0 Å². The van der Waals surface area contributed by atoms with Crippen molar-refractivity contribution in [3.63, 3.8) is 0 Å². The van der Waals surface area contributed by atoms with E-state index in [1.165, 1.54) is 10.9 Å². The molecule has 22 heavy (non-hydrogen) atoms. The van der Waals surface area contributed by atoms with E-state index in [0.717, 1.165) is 30.6 Å². The Hall–Kier alpha value is -1.59. The summed E-state index contributed by atoms with van der Waals surface area (Å²) in [6.07, 6.45) is 0.776. The van der Waals surface area contributed by atoms with Gasteiger partial charge in [0, 0.05) is 11.9 Å². The van der Waals surface area contributed by atoms with Crippen LogP contribution in [0, 0.1) is 5.92 Å². The molecule has 2 aromatic rings. The molecule has 0 bridgehead atoms. The third-order valence-corrected chi connectivity index (χ3v) is 6.11. The van der Waals surface area contributed by atoms with Gasteiger partial charge in [0.15, 0.2) is 9.84 Å². The quantitative estimate of drug-likeness (QED) is 0.919. The van der Waals surface area contributed by atoms with Crippen LogP contribution in [0.5, 0.6) is 5.75 Å². The Morgan fingerprint density at radius 3 is 2.64 bits per heavy atom. The lowest BCUT2D eigenvalue weighted by Crippen LogP contribution is -2.23. The number of methoxy groups -OCH3 is 1. The molecule has 0 radical (unpaired) electrons. The lowest BCUT2D eigenvalue weighted by molar-refractivity contribution is 0.419. The highest BCUT2D eigenvalue weighted by atomic mass is 32.2. The van der Waals surface area contributed by atoms with Crippen molar-refractivity contribution in [1.29, 1.82) is 0 Å². The molecule has 0 saturated carbocycles. The van der Waals surface area contributed by atoms with Crippen LogP contribution < -0.4 is 10.1 Å². The van der Waals surface area contributed by atoms with Gasteiger partial charge in [-0.2, -0.15) is 0 Å². The van der Waals surface area contributed by atoms with Crippen LogP contribution in [0.3, 0.4) is 0 Å². The lowest BCUT2D eigenvalue weighted by Gasteiger charge is -2.13. The molecule has 0 aromatic heterocycles. The first-order valence-electron chi connectivity index (χ1n) is 7.55. The molecular formula is C17H21NO3S. The fourth-order valence-corrected chi connectivity index (χ4v) is 4.97. The molecule has 0 unspecified atom stereocenters. The van der Waals surface area contributed by atoms with Crippen molar-refractivity contribution < 1.29 is 13.2 Å². The molecular weight excluding hydrogens is 298 g/mol. The maximum absolute atomic E-state index is 11.5. The van der Waals surface area contributed by atoms with E-state index in [9.17, 15) is 8.42 Å². The van der Waals surface area contributed by atoms with Crippen LogP contribution in [0.2, 0.25) is 0 Å². The van der Waals surface area contributed by atoms with Gasteiger partial charge in [-0.25, -0.2) is 8.42 Å². The summed E-state index contributed by atoms with van der Waals surface area (Å²) in [4.78, 5) is 0. The van der Waals surface area contributed by atoms with Gasteiger partial charge >= 0.3 is 0 Å². The van der Waals surface area contributed by atoms with E-state index in [0.29, 0.717) is 11.5 Å². The van der Waals surface area contributed by atoms with Crippen LogP contribution in [0.25, 0.3) is 10.8 Å². The second-order valence-corrected chi connectivity index (χ2v) is 8.10. The number of hydrogen-bond donors (Lipinski definition) is 1. The molecule has 1 fully saturated rings. The van der Waals surface area contributed by atoms with E-state index in [2.05, 4.69) is 23.5 Å². The number of hydrogen-bond acceptors (Lipinski definition) is 4. The molecule has 0 spiro atoms. The van der Waals surface area contributed by atoms with Crippen LogP contribution in [0.1, 0.15) is 12.0 Å². The van der Waals surface area contributed by atoms with Gasteiger partial charge in [0.05, 0.1) is 18.6 Å². The highest BCUT2D eigenvalue weighted by Crippen LogP contribution is 2.28. The van der Waals surface area contributed by atoms with E-state index < -0.39 is 9.84 Å². The van der Waals surface area contributed by atoms with Crippen molar-refractivity contribution >= 4 is 20.6 Å². The summed E-state index contributed by atoms with van der Waals surface area (Å²) >= 11 is 0. The Morgan fingerprint density at radius 2 is 1.95 bits per heavy atom. The van der Waals surface area contributed by atoms with Gasteiger partial charge in [-0.15, -0.1) is 0 Å². The molecule has 1 aliphatic heterocycles. The molecule has 1 heterocycles. The van der Waals surface area contributed by atoms with Gasteiger partial charge in [0.25, 0.3) is 0 Å². The van der Waals surface area contributed by atoms with Crippen LogP contribution in [-0.2, 0) is 16.4 Å². The molecule has 1 saturated heterocycles. The van der Waals surface area contributed by atoms with Gasteiger partial charge in [-0.3, -0.25) is 0 Å². The molecule has 118 valence electrons. The minimum absolute atomic E-state index is 0.245. The molecule has 4 nitrogen and oxygen atoms in total. The number of rotatable bonds is 5. The standard InChI is InChI=1S/C17H21NO3S/c1-21-17-7-6-14(15-4-2-3-5-16(15)17)11-18-10-13-8-9-22(19,20)12-13/h2-7,13,18H,8-12H2,1H3/t13-/m0/s1. The van der Waals surface area contributed by atoms with Gasteiger partial charge in [-0.1, -0.05) is 30.3 Å². The van der Waals surface area contributed by atoms with E-state index in [1.807, 2.05) is 18.2 Å². The number of fused-ring (bicyclic) bond motifs is 1. The number of ether oxygens (including phenoxy) is 1. The first kappa shape index (κ1) is 15.3. The van der Waals surface area contributed by atoms with Crippen molar-refractivity contribution in [1.82, 2.24) is 5.32 Å². The van der Waals surface area contributed by atoms with Gasteiger partial charge < -0.3 is 10.1 Å². The normalized spacial score (nSPS) is 20.3. The Balaban J connectivity index is 1.70. The van der Waals surface area contributed by atoms with Crippen LogP contribution in [0.4, 0.5) is 0 Å². The Labute approximate surface area is 131 Å². The second-order valence-electron chi connectivity index (χ2n) is 5.87. The first-order chi connectivity index (χ1) is 10.6. The summed E-state index contributed by atoms with van der Waals surface area (Å²) in [5.41, 5.74) is 1.21. The average molecular weight is 319 g/mol. The fraction of sp³-hybridized carbons (Fsp3) is 0.412. The monoisotopic (exact) mass is 319 g/mol. The van der Waals surface area contributed by atoms with E-state index in [1.54, 1.807) is 7.11 Å². The van der Waals surface area contributed by atoms with E-state index in [-0.39, 0.29) is 5.92 Å². The van der Waals surface area contributed by atoms with Crippen molar-refractivity contribution in [3.05, 3.63) is 42.0 Å². The molecule has 1 atom stereocenters. The van der Waals surface area contributed by atoms with Gasteiger partial charge in [-0.05, 0) is 35.9 Å². The summed E-state index contributed by atoms with van der Waals surface area (Å²) in [5.74, 6) is 1.78. The molecule has 2 aromatic carbocycles. The number of nitrogens with one attached hydrogen (secondary N) is 1. The van der Waals surface area contributed by atoms with E-state index >= 15 is 0 Å². The lowest BCUT2D eigenvalue weighted by atomic mass is 10.0.